The van der Waals surface area contributed by atoms with E-state index in [1.807, 2.05) is 18.7 Å². The lowest BCUT2D eigenvalue weighted by Gasteiger charge is -2.28. The van der Waals surface area contributed by atoms with E-state index in [2.05, 4.69) is 5.32 Å². The van der Waals surface area contributed by atoms with Gasteiger partial charge in [0.1, 0.15) is 12.9 Å². The average molecular weight is 218 g/mol. The van der Waals surface area contributed by atoms with E-state index in [1.54, 1.807) is 0 Å². The van der Waals surface area contributed by atoms with Crippen molar-refractivity contribution in [3.63, 3.8) is 0 Å². The number of hydrogen-bond acceptors (Lipinski definition) is 4. The topological polar surface area (TPSA) is 41.6 Å². The number of carbonyl (C=O) groups is 1. The van der Waals surface area contributed by atoms with Gasteiger partial charge in [-0.25, -0.2) is 4.39 Å². The smallest absolute Gasteiger partial charge is 0.294 e. The van der Waals surface area contributed by atoms with Gasteiger partial charge in [-0.05, 0) is 26.8 Å². The van der Waals surface area contributed by atoms with Gasteiger partial charge in [0.15, 0.2) is 0 Å². The first kappa shape index (κ1) is 12.4. The molecular weight excluding hydrogens is 199 g/mol. The number of rotatable bonds is 6. The van der Waals surface area contributed by atoms with Crippen molar-refractivity contribution in [3.8, 4) is 0 Å². The highest BCUT2D eigenvalue weighted by atomic mass is 19.1. The molecule has 1 fully saturated rings. The summed E-state index contributed by atoms with van der Waals surface area (Å²) in [7, 11) is 0. The molecule has 1 N–H and O–H groups in total. The fourth-order valence-corrected chi connectivity index (χ4v) is 1.71. The van der Waals surface area contributed by atoms with Crippen LogP contribution in [-0.4, -0.2) is 49.4 Å². The van der Waals surface area contributed by atoms with E-state index in [4.69, 9.17) is 4.74 Å². The summed E-state index contributed by atoms with van der Waals surface area (Å²) in [5, 5.41) is 3.11. The van der Waals surface area contributed by atoms with Gasteiger partial charge in [0.05, 0.1) is 6.04 Å². The number of carbonyl (C=O) groups excluding carboxylic acids is 1. The second-order valence-electron chi connectivity index (χ2n) is 4.12. The molecule has 0 aliphatic carbocycles. The Kier molecular flexibility index (Phi) is 4.98. The fraction of sp³-hybridized carbons (Fsp3) is 0.900. The van der Waals surface area contributed by atoms with Gasteiger partial charge in [0.25, 0.3) is 6.47 Å². The van der Waals surface area contributed by atoms with Crippen molar-refractivity contribution in [2.75, 3.05) is 19.8 Å². The van der Waals surface area contributed by atoms with Crippen molar-refractivity contribution in [2.45, 2.75) is 38.5 Å². The lowest BCUT2D eigenvalue weighted by molar-refractivity contribution is -0.134. The molecule has 88 valence electrons. The Morgan fingerprint density at radius 3 is 2.87 bits per heavy atom. The molecule has 1 heterocycles. The van der Waals surface area contributed by atoms with Gasteiger partial charge >= 0.3 is 0 Å². The fourth-order valence-electron chi connectivity index (χ4n) is 1.71. The van der Waals surface area contributed by atoms with Gasteiger partial charge in [-0.2, -0.15) is 0 Å². The summed E-state index contributed by atoms with van der Waals surface area (Å²) >= 11 is 0. The van der Waals surface area contributed by atoms with Crippen LogP contribution in [0.2, 0.25) is 0 Å². The second-order valence-corrected chi connectivity index (χ2v) is 4.12. The van der Waals surface area contributed by atoms with Gasteiger partial charge in [-0.15, -0.1) is 0 Å². The molecule has 1 aliphatic heterocycles. The van der Waals surface area contributed by atoms with Crippen LogP contribution in [0.4, 0.5) is 4.39 Å². The molecule has 1 rings (SSSR count). The number of halogens is 1. The molecule has 0 aromatic carbocycles. The van der Waals surface area contributed by atoms with E-state index >= 15 is 0 Å². The molecule has 0 bridgehead atoms. The minimum Gasteiger partial charge on any atom is -0.452 e. The molecule has 1 saturated heterocycles. The maximum Gasteiger partial charge on any atom is 0.294 e. The zero-order chi connectivity index (χ0) is 11.3. The number of nitrogens with one attached hydrogen (secondary N) is 1. The molecular formula is C10H19FN2O2. The van der Waals surface area contributed by atoms with E-state index in [0.717, 1.165) is 6.54 Å². The average Bonchev–Trinajstić information content (AvgIpc) is 2.58. The van der Waals surface area contributed by atoms with Crippen molar-refractivity contribution in [1.29, 1.82) is 0 Å². The number of alkyl halides is 1. The second kappa shape index (κ2) is 6.02. The first-order chi connectivity index (χ1) is 7.15. The minimum atomic E-state index is -0.789. The number of nitrogens with zero attached hydrogens (tertiary/aromatic N) is 1. The van der Waals surface area contributed by atoms with Crippen LogP contribution in [0.25, 0.3) is 0 Å². The Morgan fingerprint density at radius 1 is 1.67 bits per heavy atom. The van der Waals surface area contributed by atoms with Crippen LogP contribution in [0.5, 0.6) is 0 Å². The van der Waals surface area contributed by atoms with Gasteiger partial charge in [0, 0.05) is 12.6 Å². The summed E-state index contributed by atoms with van der Waals surface area (Å²) in [6, 6.07) is 0.0993. The maximum atomic E-state index is 13.3. The monoisotopic (exact) mass is 218 g/mol. The molecule has 0 radical (unpaired) electrons. The third kappa shape index (κ3) is 3.76. The van der Waals surface area contributed by atoms with Crippen molar-refractivity contribution in [2.24, 2.45) is 0 Å². The predicted molar refractivity (Wildman–Crippen MR) is 55.2 cm³/mol. The predicted octanol–water partition coefficient (Wildman–Crippen LogP) is 0.527. The highest BCUT2D eigenvalue weighted by Crippen LogP contribution is 2.13. The normalized spacial score (nSPS) is 26.2. The van der Waals surface area contributed by atoms with Crippen molar-refractivity contribution < 1.29 is 13.9 Å². The zero-order valence-corrected chi connectivity index (χ0v) is 9.28. The van der Waals surface area contributed by atoms with Crippen molar-refractivity contribution in [1.82, 2.24) is 10.2 Å². The molecule has 0 amide bonds. The lowest BCUT2D eigenvalue weighted by atomic mass is 10.2. The van der Waals surface area contributed by atoms with Crippen LogP contribution < -0.4 is 5.32 Å². The quantitative estimate of drug-likeness (QED) is 0.521. The van der Waals surface area contributed by atoms with Crippen LogP contribution in [0.3, 0.4) is 0 Å². The van der Waals surface area contributed by atoms with E-state index in [9.17, 15) is 9.18 Å². The summed E-state index contributed by atoms with van der Waals surface area (Å²) in [5.74, 6) is 0. The van der Waals surface area contributed by atoms with Crippen LogP contribution >= 0.6 is 0 Å². The van der Waals surface area contributed by atoms with E-state index in [-0.39, 0.29) is 18.8 Å². The Bertz CT molecular complexity index is 202. The first-order valence-electron chi connectivity index (χ1n) is 5.32. The molecule has 4 nitrogen and oxygen atoms in total. The van der Waals surface area contributed by atoms with Crippen LogP contribution in [0.15, 0.2) is 0 Å². The standard InChI is InChI=1S/C10H19FN2O2/c1-8(2)13(6-15-7-14)5-10-9(11)3-4-12-10/h7-10,12H,3-6H2,1-2H3. The van der Waals surface area contributed by atoms with Crippen LogP contribution in [0, 0.1) is 0 Å². The SMILES string of the molecule is CC(C)N(COC=O)CC1NCCC1F. The van der Waals surface area contributed by atoms with Gasteiger partial charge < -0.3 is 10.1 Å². The van der Waals surface area contributed by atoms with Crippen LogP contribution in [0.1, 0.15) is 20.3 Å². The third-order valence-corrected chi connectivity index (χ3v) is 2.73. The molecule has 2 unspecified atom stereocenters. The largest absolute Gasteiger partial charge is 0.452 e. The Morgan fingerprint density at radius 2 is 2.40 bits per heavy atom. The highest BCUT2D eigenvalue weighted by Gasteiger charge is 2.28. The van der Waals surface area contributed by atoms with Crippen LogP contribution in [-0.2, 0) is 9.53 Å². The number of ether oxygens (including phenoxy) is 1. The Balaban J connectivity index is 2.39. The molecule has 0 aromatic rings. The highest BCUT2D eigenvalue weighted by molar-refractivity contribution is 5.36. The van der Waals surface area contributed by atoms with Gasteiger partial charge in [0.2, 0.25) is 0 Å². The summed E-state index contributed by atoms with van der Waals surface area (Å²) in [5.41, 5.74) is 0. The lowest BCUT2D eigenvalue weighted by Crippen LogP contribution is -2.45. The molecule has 0 saturated carbocycles. The zero-order valence-electron chi connectivity index (χ0n) is 9.28. The summed E-state index contributed by atoms with van der Waals surface area (Å²) in [6.45, 7) is 5.95. The molecule has 2 atom stereocenters. The van der Waals surface area contributed by atoms with E-state index in [0.29, 0.717) is 19.4 Å². The Labute approximate surface area is 89.8 Å². The molecule has 0 spiro atoms. The molecule has 1 aliphatic rings. The van der Waals surface area contributed by atoms with Gasteiger partial charge in [-0.3, -0.25) is 9.69 Å². The summed E-state index contributed by atoms with van der Waals surface area (Å²) in [4.78, 5) is 12.0. The molecule has 0 aromatic heterocycles. The van der Waals surface area contributed by atoms with E-state index in [1.165, 1.54) is 0 Å². The summed E-state index contributed by atoms with van der Waals surface area (Å²) < 4.78 is 18.0. The minimum absolute atomic E-state index is 0.136. The summed E-state index contributed by atoms with van der Waals surface area (Å²) in [6.07, 6.45) is -0.215. The molecule has 15 heavy (non-hydrogen) atoms. The number of hydrogen-bond donors (Lipinski definition) is 1. The van der Waals surface area contributed by atoms with Crippen molar-refractivity contribution >= 4 is 6.47 Å². The Hall–Kier alpha value is -0.680. The van der Waals surface area contributed by atoms with E-state index < -0.39 is 6.17 Å². The maximum absolute atomic E-state index is 13.3. The molecule has 5 heteroatoms. The third-order valence-electron chi connectivity index (χ3n) is 2.73. The first-order valence-corrected chi connectivity index (χ1v) is 5.32. The van der Waals surface area contributed by atoms with Gasteiger partial charge in [-0.1, -0.05) is 0 Å². The van der Waals surface area contributed by atoms with Crippen molar-refractivity contribution in [3.05, 3.63) is 0 Å².